The van der Waals surface area contributed by atoms with Crippen LogP contribution in [0.2, 0.25) is 0 Å². The molecule has 2 atom stereocenters. The topological polar surface area (TPSA) is 79.4 Å². The van der Waals surface area contributed by atoms with E-state index in [1.807, 2.05) is 0 Å². The van der Waals surface area contributed by atoms with E-state index in [0.717, 1.165) is 4.90 Å². The molecule has 1 fully saturated rings. The van der Waals surface area contributed by atoms with E-state index in [-0.39, 0.29) is 5.91 Å². The van der Waals surface area contributed by atoms with Crippen LogP contribution < -0.4 is 5.32 Å². The lowest BCUT2D eigenvalue weighted by Gasteiger charge is -2.40. The average Bonchev–Trinajstić information content (AvgIpc) is 2.79. The summed E-state index contributed by atoms with van der Waals surface area (Å²) in [5.74, 6) is -1.20. The van der Waals surface area contributed by atoms with Gasteiger partial charge in [0, 0.05) is 6.20 Å². The lowest BCUT2D eigenvalue weighted by Crippen LogP contribution is -2.65. The number of nitrogens with zero attached hydrogens (tertiary/aromatic N) is 2. The smallest absolute Gasteiger partial charge is 0.262 e. The number of amides is 3. The Morgan fingerprint density at radius 2 is 1.55 bits per heavy atom. The van der Waals surface area contributed by atoms with E-state index in [2.05, 4.69) is 10.3 Å². The number of carbonyl (C=O) groups is 3. The maximum Gasteiger partial charge on any atom is 0.262 e. The average molecular weight is 293 g/mol. The lowest BCUT2D eigenvalue weighted by atomic mass is 9.93. The Bertz CT molecular complexity index is 768. The number of pyridine rings is 1. The number of nitrogens with one attached hydrogen (secondary N) is 1. The van der Waals surface area contributed by atoms with E-state index in [4.69, 9.17) is 0 Å². The van der Waals surface area contributed by atoms with Crippen molar-refractivity contribution in [2.45, 2.75) is 12.1 Å². The fraction of sp³-hybridized carbons (Fsp3) is 0.125. The SMILES string of the molecule is O=C1NC(c2ccccn2)C1N1C(=O)c2ccccc2C1=O. The molecule has 1 aromatic carbocycles. The third-order valence-corrected chi connectivity index (χ3v) is 3.99. The summed E-state index contributed by atoms with van der Waals surface area (Å²) in [5, 5.41) is 2.71. The Kier molecular flexibility index (Phi) is 2.59. The molecular formula is C16H11N3O3. The molecule has 3 heterocycles. The summed E-state index contributed by atoms with van der Waals surface area (Å²) >= 11 is 0. The van der Waals surface area contributed by atoms with Gasteiger partial charge in [0.1, 0.15) is 12.1 Å². The van der Waals surface area contributed by atoms with Crippen LogP contribution in [0.25, 0.3) is 0 Å². The summed E-state index contributed by atoms with van der Waals surface area (Å²) in [6, 6.07) is 10.6. The Morgan fingerprint density at radius 3 is 2.09 bits per heavy atom. The zero-order valence-corrected chi connectivity index (χ0v) is 11.4. The van der Waals surface area contributed by atoms with Gasteiger partial charge in [0.25, 0.3) is 11.8 Å². The molecule has 0 saturated carbocycles. The first-order chi connectivity index (χ1) is 10.7. The first-order valence-corrected chi connectivity index (χ1v) is 6.86. The summed E-state index contributed by atoms with van der Waals surface area (Å²) in [5.41, 5.74) is 1.31. The summed E-state index contributed by atoms with van der Waals surface area (Å²) in [6.07, 6.45) is 1.61. The number of aromatic nitrogens is 1. The van der Waals surface area contributed by atoms with E-state index in [1.165, 1.54) is 0 Å². The molecule has 6 heteroatoms. The van der Waals surface area contributed by atoms with Crippen LogP contribution in [-0.2, 0) is 4.79 Å². The fourth-order valence-corrected chi connectivity index (χ4v) is 2.90. The van der Waals surface area contributed by atoms with Crippen LogP contribution in [-0.4, -0.2) is 33.6 Å². The van der Waals surface area contributed by atoms with Gasteiger partial charge in [-0.1, -0.05) is 18.2 Å². The molecule has 4 rings (SSSR count). The molecule has 3 amide bonds. The van der Waals surface area contributed by atoms with Crippen molar-refractivity contribution in [3.05, 3.63) is 65.5 Å². The van der Waals surface area contributed by atoms with E-state index in [9.17, 15) is 14.4 Å². The minimum atomic E-state index is -0.845. The first-order valence-electron chi connectivity index (χ1n) is 6.86. The highest BCUT2D eigenvalue weighted by Crippen LogP contribution is 2.33. The van der Waals surface area contributed by atoms with Crippen LogP contribution >= 0.6 is 0 Å². The highest BCUT2D eigenvalue weighted by Gasteiger charge is 2.52. The molecule has 22 heavy (non-hydrogen) atoms. The standard InChI is InChI=1S/C16H11N3O3/c20-14-13(12(18-14)11-7-3-4-8-17-11)19-15(21)9-5-1-2-6-10(9)16(19)22/h1-8,12-13H,(H,18,20). The van der Waals surface area contributed by atoms with E-state index >= 15 is 0 Å². The van der Waals surface area contributed by atoms with Crippen molar-refractivity contribution in [2.24, 2.45) is 0 Å². The minimum Gasteiger partial charge on any atom is -0.343 e. The van der Waals surface area contributed by atoms with E-state index in [1.54, 1.807) is 48.7 Å². The highest BCUT2D eigenvalue weighted by molar-refractivity contribution is 6.23. The molecule has 0 radical (unpaired) electrons. The van der Waals surface area contributed by atoms with Crippen LogP contribution in [0, 0.1) is 0 Å². The van der Waals surface area contributed by atoms with Gasteiger partial charge < -0.3 is 5.32 Å². The fourth-order valence-electron chi connectivity index (χ4n) is 2.90. The van der Waals surface area contributed by atoms with Crippen LogP contribution in [0.5, 0.6) is 0 Å². The van der Waals surface area contributed by atoms with Crippen molar-refractivity contribution in [2.75, 3.05) is 0 Å². The Balaban J connectivity index is 1.72. The molecule has 2 aromatic rings. The molecule has 108 valence electrons. The third kappa shape index (κ3) is 1.60. The molecule has 0 spiro atoms. The molecule has 1 aromatic heterocycles. The van der Waals surface area contributed by atoms with E-state index in [0.29, 0.717) is 16.8 Å². The molecule has 6 nitrogen and oxygen atoms in total. The Labute approximate surface area is 125 Å². The quantitative estimate of drug-likeness (QED) is 0.659. The van der Waals surface area contributed by atoms with Crippen LogP contribution in [0.15, 0.2) is 48.7 Å². The molecule has 0 bridgehead atoms. The first kappa shape index (κ1) is 12.7. The summed E-state index contributed by atoms with van der Waals surface area (Å²) in [4.78, 5) is 42.1. The monoisotopic (exact) mass is 293 g/mol. The Hall–Kier alpha value is -3.02. The number of fused-ring (bicyclic) bond motifs is 1. The normalized spacial score (nSPS) is 23.1. The number of carbonyl (C=O) groups excluding carboxylic acids is 3. The van der Waals surface area contributed by atoms with Crippen molar-refractivity contribution in [1.29, 1.82) is 0 Å². The summed E-state index contributed by atoms with van der Waals surface area (Å²) in [6.45, 7) is 0. The molecule has 0 aliphatic carbocycles. The summed E-state index contributed by atoms with van der Waals surface area (Å²) in [7, 11) is 0. The molecule has 2 aliphatic rings. The number of hydrogen-bond donors (Lipinski definition) is 1. The number of rotatable bonds is 2. The van der Waals surface area contributed by atoms with Gasteiger partial charge in [-0.15, -0.1) is 0 Å². The van der Waals surface area contributed by atoms with Gasteiger partial charge in [-0.2, -0.15) is 0 Å². The van der Waals surface area contributed by atoms with Crippen molar-refractivity contribution >= 4 is 17.7 Å². The zero-order valence-electron chi connectivity index (χ0n) is 11.4. The van der Waals surface area contributed by atoms with Crippen LogP contribution in [0.1, 0.15) is 32.5 Å². The van der Waals surface area contributed by atoms with Crippen molar-refractivity contribution in [1.82, 2.24) is 15.2 Å². The van der Waals surface area contributed by atoms with Crippen LogP contribution in [0.3, 0.4) is 0 Å². The van der Waals surface area contributed by atoms with Gasteiger partial charge in [-0.25, -0.2) is 0 Å². The van der Waals surface area contributed by atoms with Gasteiger partial charge in [-0.05, 0) is 24.3 Å². The maximum atomic E-state index is 12.5. The van der Waals surface area contributed by atoms with Crippen molar-refractivity contribution in [3.63, 3.8) is 0 Å². The van der Waals surface area contributed by atoms with Crippen molar-refractivity contribution in [3.8, 4) is 0 Å². The second-order valence-electron chi connectivity index (χ2n) is 5.21. The number of imide groups is 1. The third-order valence-electron chi connectivity index (χ3n) is 3.99. The van der Waals surface area contributed by atoms with Crippen molar-refractivity contribution < 1.29 is 14.4 Å². The Morgan fingerprint density at radius 1 is 0.909 bits per heavy atom. The minimum absolute atomic E-state index is 0.340. The predicted octanol–water partition coefficient (Wildman–Crippen LogP) is 0.917. The second-order valence-corrected chi connectivity index (χ2v) is 5.21. The molecule has 1 N–H and O–H groups in total. The van der Waals surface area contributed by atoms with Crippen LogP contribution in [0.4, 0.5) is 0 Å². The van der Waals surface area contributed by atoms with Gasteiger partial charge in [0.15, 0.2) is 0 Å². The number of benzene rings is 1. The second kappa shape index (κ2) is 4.49. The molecule has 2 aliphatic heterocycles. The van der Waals surface area contributed by atoms with E-state index < -0.39 is 23.9 Å². The molecular weight excluding hydrogens is 282 g/mol. The number of hydrogen-bond acceptors (Lipinski definition) is 4. The highest BCUT2D eigenvalue weighted by atomic mass is 16.2. The van der Waals surface area contributed by atoms with Gasteiger partial charge in [0.2, 0.25) is 5.91 Å². The molecule has 1 saturated heterocycles. The zero-order chi connectivity index (χ0) is 15.3. The van der Waals surface area contributed by atoms with Gasteiger partial charge in [-0.3, -0.25) is 24.3 Å². The largest absolute Gasteiger partial charge is 0.343 e. The number of β-lactam (4-membered cyclic amide) rings is 1. The lowest BCUT2D eigenvalue weighted by molar-refractivity contribution is -0.135. The summed E-state index contributed by atoms with van der Waals surface area (Å²) < 4.78 is 0. The molecule has 2 unspecified atom stereocenters. The maximum absolute atomic E-state index is 12.5. The van der Waals surface area contributed by atoms with Gasteiger partial charge >= 0.3 is 0 Å². The predicted molar refractivity (Wildman–Crippen MR) is 75.9 cm³/mol. The van der Waals surface area contributed by atoms with Gasteiger partial charge in [0.05, 0.1) is 16.8 Å².